The second-order valence-corrected chi connectivity index (χ2v) is 7.03. The Morgan fingerprint density at radius 3 is 2.50 bits per heavy atom. The smallest absolute Gasteiger partial charge is 0.230 e. The molecule has 2 heterocycles. The fraction of sp³-hybridized carbons (Fsp3) is 0.304. The Bertz CT molecular complexity index is 980. The number of hydrogen-bond acceptors (Lipinski definition) is 4. The summed E-state index contributed by atoms with van der Waals surface area (Å²) in [6, 6.07) is 17.7. The fourth-order valence-corrected chi connectivity index (χ4v) is 3.98. The Kier molecular flexibility index (Phi) is 5.15. The summed E-state index contributed by atoms with van der Waals surface area (Å²) in [5.74, 6) is 1.23. The highest BCUT2D eigenvalue weighted by molar-refractivity contribution is 5.86. The second-order valence-electron chi connectivity index (χ2n) is 7.03. The number of carbonyl (C=O) groups excluding carboxylic acids is 1. The molecule has 3 aromatic rings. The van der Waals surface area contributed by atoms with Crippen molar-refractivity contribution in [3.63, 3.8) is 0 Å². The topological polar surface area (TPSA) is 51.7 Å². The van der Waals surface area contributed by atoms with Crippen molar-refractivity contribution < 1.29 is 14.3 Å². The van der Waals surface area contributed by atoms with Gasteiger partial charge < -0.3 is 14.4 Å². The predicted molar refractivity (Wildman–Crippen MR) is 109 cm³/mol. The van der Waals surface area contributed by atoms with E-state index in [1.54, 1.807) is 14.2 Å². The van der Waals surface area contributed by atoms with E-state index in [0.29, 0.717) is 18.0 Å². The Labute approximate surface area is 164 Å². The minimum Gasteiger partial charge on any atom is -0.496 e. The lowest BCUT2D eigenvalue weighted by Gasteiger charge is -2.33. The summed E-state index contributed by atoms with van der Waals surface area (Å²) in [5.41, 5.74) is 2.70. The molecule has 1 aromatic heterocycles. The van der Waals surface area contributed by atoms with Gasteiger partial charge in [-0.05, 0) is 37.1 Å². The summed E-state index contributed by atoms with van der Waals surface area (Å²) in [4.78, 5) is 19.9. The van der Waals surface area contributed by atoms with E-state index in [4.69, 9.17) is 14.5 Å². The molecular weight excluding hydrogens is 352 g/mol. The van der Waals surface area contributed by atoms with Gasteiger partial charge in [-0.25, -0.2) is 0 Å². The van der Waals surface area contributed by atoms with E-state index in [2.05, 4.69) is 6.07 Å². The van der Waals surface area contributed by atoms with E-state index in [9.17, 15) is 4.79 Å². The summed E-state index contributed by atoms with van der Waals surface area (Å²) >= 11 is 0. The normalized spacial score (nSPS) is 17.0. The molecule has 1 amide bonds. The number of aromatic nitrogens is 1. The zero-order valence-electron chi connectivity index (χ0n) is 16.2. The van der Waals surface area contributed by atoms with E-state index < -0.39 is 0 Å². The second kappa shape index (κ2) is 7.89. The van der Waals surface area contributed by atoms with E-state index in [1.807, 2.05) is 53.4 Å². The summed E-state index contributed by atoms with van der Waals surface area (Å²) in [6.45, 7) is 1.25. The molecule has 5 heteroatoms. The van der Waals surface area contributed by atoms with Gasteiger partial charge in [-0.1, -0.05) is 30.3 Å². The molecule has 1 aliphatic rings. The maximum Gasteiger partial charge on any atom is 0.230 e. The molecule has 0 bridgehead atoms. The van der Waals surface area contributed by atoms with Crippen LogP contribution in [-0.4, -0.2) is 36.6 Å². The molecule has 28 heavy (non-hydrogen) atoms. The number of fused-ring (bicyclic) bond motifs is 1. The molecule has 0 spiro atoms. The molecule has 1 aliphatic heterocycles. The van der Waals surface area contributed by atoms with Crippen LogP contribution < -0.4 is 9.47 Å². The van der Waals surface area contributed by atoms with Crippen molar-refractivity contribution in [2.75, 3.05) is 20.8 Å². The number of amides is 1. The number of piperidine rings is 1. The highest BCUT2D eigenvalue weighted by atomic mass is 16.5. The minimum absolute atomic E-state index is 0.101. The zero-order valence-corrected chi connectivity index (χ0v) is 16.2. The van der Waals surface area contributed by atoms with Crippen molar-refractivity contribution in [3.05, 3.63) is 65.9 Å². The summed E-state index contributed by atoms with van der Waals surface area (Å²) < 4.78 is 11.1. The van der Waals surface area contributed by atoms with Crippen molar-refractivity contribution in [2.24, 2.45) is 0 Å². The van der Waals surface area contributed by atoms with Gasteiger partial charge in [0.25, 0.3) is 0 Å². The van der Waals surface area contributed by atoms with Crippen LogP contribution in [0.4, 0.5) is 0 Å². The molecule has 144 valence electrons. The first-order valence-corrected chi connectivity index (χ1v) is 9.55. The average molecular weight is 376 g/mol. The van der Waals surface area contributed by atoms with Crippen molar-refractivity contribution >= 4 is 16.8 Å². The van der Waals surface area contributed by atoms with Crippen molar-refractivity contribution in [3.8, 4) is 11.5 Å². The van der Waals surface area contributed by atoms with Gasteiger partial charge in [0.15, 0.2) is 0 Å². The molecule has 1 atom stereocenters. The Balaban J connectivity index is 1.61. The number of pyridine rings is 1. The summed E-state index contributed by atoms with van der Waals surface area (Å²) in [7, 11) is 3.25. The first kappa shape index (κ1) is 18.3. The van der Waals surface area contributed by atoms with Crippen LogP contribution >= 0.6 is 0 Å². The summed E-state index contributed by atoms with van der Waals surface area (Å²) in [5, 5.41) is 1.10. The lowest BCUT2D eigenvalue weighted by molar-refractivity contribution is -0.136. The largest absolute Gasteiger partial charge is 0.496 e. The van der Waals surface area contributed by atoms with Gasteiger partial charge in [-0.2, -0.15) is 0 Å². The SMILES string of the molecule is COc1cccc(OC)c1C1CCCN(Cc2ccc3ccccc3n2)C1=O. The third-order valence-corrected chi connectivity index (χ3v) is 5.35. The van der Waals surface area contributed by atoms with Crippen molar-refractivity contribution in [1.29, 1.82) is 0 Å². The molecule has 1 saturated heterocycles. The number of ether oxygens (including phenoxy) is 2. The fourth-order valence-electron chi connectivity index (χ4n) is 3.98. The van der Waals surface area contributed by atoms with Gasteiger partial charge in [0, 0.05) is 17.5 Å². The third-order valence-electron chi connectivity index (χ3n) is 5.35. The molecule has 5 nitrogen and oxygen atoms in total. The third kappa shape index (κ3) is 3.40. The molecule has 1 unspecified atom stereocenters. The number of para-hydroxylation sites is 1. The lowest BCUT2D eigenvalue weighted by atomic mass is 9.88. The monoisotopic (exact) mass is 376 g/mol. The number of hydrogen-bond donors (Lipinski definition) is 0. The maximum atomic E-state index is 13.3. The Morgan fingerprint density at radius 1 is 1.00 bits per heavy atom. The van der Waals surface area contributed by atoms with Crippen LogP contribution in [0.15, 0.2) is 54.6 Å². The van der Waals surface area contributed by atoms with Crippen LogP contribution in [0.5, 0.6) is 11.5 Å². The van der Waals surface area contributed by atoms with E-state index >= 15 is 0 Å². The van der Waals surface area contributed by atoms with Crippen LogP contribution in [0.25, 0.3) is 10.9 Å². The number of likely N-dealkylation sites (tertiary alicyclic amines) is 1. The zero-order chi connectivity index (χ0) is 19.5. The van der Waals surface area contributed by atoms with Crippen molar-refractivity contribution in [1.82, 2.24) is 9.88 Å². The van der Waals surface area contributed by atoms with Crippen LogP contribution in [0.1, 0.15) is 30.0 Å². The standard InChI is InChI=1S/C23H24N2O3/c1-27-20-10-5-11-21(28-2)22(20)18-8-6-14-25(23(18)26)15-17-13-12-16-7-3-4-9-19(16)24-17/h3-5,7,9-13,18H,6,8,14-15H2,1-2H3. The van der Waals surface area contributed by atoms with E-state index in [1.165, 1.54) is 0 Å². The van der Waals surface area contributed by atoms with Gasteiger partial charge in [-0.3, -0.25) is 9.78 Å². The highest BCUT2D eigenvalue weighted by Crippen LogP contribution is 2.40. The molecule has 0 saturated carbocycles. The molecule has 1 fully saturated rings. The number of rotatable bonds is 5. The van der Waals surface area contributed by atoms with E-state index in [-0.39, 0.29) is 11.8 Å². The van der Waals surface area contributed by atoms with Gasteiger partial charge in [-0.15, -0.1) is 0 Å². The van der Waals surface area contributed by atoms with Gasteiger partial charge in [0.05, 0.1) is 37.9 Å². The predicted octanol–water partition coefficient (Wildman–Crippen LogP) is 4.16. The minimum atomic E-state index is -0.264. The number of carbonyl (C=O) groups is 1. The Hall–Kier alpha value is -3.08. The van der Waals surface area contributed by atoms with E-state index in [0.717, 1.165) is 41.5 Å². The molecule has 0 radical (unpaired) electrons. The number of benzene rings is 2. The van der Waals surface area contributed by atoms with Crippen molar-refractivity contribution in [2.45, 2.75) is 25.3 Å². The molecule has 0 aliphatic carbocycles. The van der Waals surface area contributed by atoms with Gasteiger partial charge in [0.1, 0.15) is 11.5 Å². The molecule has 0 N–H and O–H groups in total. The Morgan fingerprint density at radius 2 is 1.75 bits per heavy atom. The van der Waals surface area contributed by atoms with Crippen LogP contribution in [0.2, 0.25) is 0 Å². The molecule has 4 rings (SSSR count). The van der Waals surface area contributed by atoms with Gasteiger partial charge >= 0.3 is 0 Å². The quantitative estimate of drug-likeness (QED) is 0.671. The highest BCUT2D eigenvalue weighted by Gasteiger charge is 2.34. The van der Waals surface area contributed by atoms with Crippen LogP contribution in [0, 0.1) is 0 Å². The maximum absolute atomic E-state index is 13.3. The average Bonchev–Trinajstić information content (AvgIpc) is 2.74. The summed E-state index contributed by atoms with van der Waals surface area (Å²) in [6.07, 6.45) is 1.72. The van der Waals surface area contributed by atoms with Crippen LogP contribution in [-0.2, 0) is 11.3 Å². The number of nitrogens with zero attached hydrogens (tertiary/aromatic N) is 2. The first-order valence-electron chi connectivity index (χ1n) is 9.55. The lowest BCUT2D eigenvalue weighted by Crippen LogP contribution is -2.40. The molecule has 2 aromatic carbocycles. The van der Waals surface area contributed by atoms with Crippen LogP contribution in [0.3, 0.4) is 0 Å². The molecular formula is C23H24N2O3. The van der Waals surface area contributed by atoms with Gasteiger partial charge in [0.2, 0.25) is 5.91 Å². The first-order chi connectivity index (χ1) is 13.7. The number of methoxy groups -OCH3 is 2.